The van der Waals surface area contributed by atoms with Crippen molar-refractivity contribution in [2.75, 3.05) is 24.2 Å². The average molecular weight is 428 g/mol. The zero-order chi connectivity index (χ0) is 21.5. The SMILES string of the molecule is CN(CC(=O)Nc1cccc(Cl)c1)C(=O)c1cccc(NC(=O)C2CCCCC2)c1. The van der Waals surface area contributed by atoms with Gasteiger partial charge in [0, 0.05) is 34.9 Å². The molecule has 7 heteroatoms. The van der Waals surface area contributed by atoms with E-state index in [-0.39, 0.29) is 30.2 Å². The van der Waals surface area contributed by atoms with E-state index in [1.807, 2.05) is 0 Å². The van der Waals surface area contributed by atoms with E-state index in [1.54, 1.807) is 55.6 Å². The molecule has 0 bridgehead atoms. The molecule has 1 aliphatic carbocycles. The van der Waals surface area contributed by atoms with E-state index in [4.69, 9.17) is 11.6 Å². The molecular weight excluding hydrogens is 402 g/mol. The third kappa shape index (κ3) is 6.07. The van der Waals surface area contributed by atoms with Crippen LogP contribution in [0.4, 0.5) is 11.4 Å². The predicted molar refractivity (Wildman–Crippen MR) is 119 cm³/mol. The number of nitrogens with zero attached hydrogens (tertiary/aromatic N) is 1. The summed E-state index contributed by atoms with van der Waals surface area (Å²) in [6, 6.07) is 13.6. The van der Waals surface area contributed by atoms with Gasteiger partial charge in [-0.3, -0.25) is 14.4 Å². The van der Waals surface area contributed by atoms with E-state index in [0.29, 0.717) is 22.0 Å². The van der Waals surface area contributed by atoms with Crippen molar-refractivity contribution in [3.05, 3.63) is 59.1 Å². The van der Waals surface area contributed by atoms with Crippen LogP contribution in [0.5, 0.6) is 0 Å². The predicted octanol–water partition coefficient (Wildman–Crippen LogP) is 4.57. The van der Waals surface area contributed by atoms with Gasteiger partial charge in [0.05, 0.1) is 6.54 Å². The van der Waals surface area contributed by atoms with E-state index in [9.17, 15) is 14.4 Å². The molecule has 2 N–H and O–H groups in total. The molecule has 158 valence electrons. The second-order valence-corrected chi connectivity index (χ2v) is 8.06. The van der Waals surface area contributed by atoms with Crippen LogP contribution in [0.25, 0.3) is 0 Å². The maximum atomic E-state index is 12.7. The number of nitrogens with one attached hydrogen (secondary N) is 2. The summed E-state index contributed by atoms with van der Waals surface area (Å²) in [7, 11) is 1.56. The molecule has 0 heterocycles. The molecule has 1 saturated carbocycles. The normalized spacial score (nSPS) is 14.1. The van der Waals surface area contributed by atoms with E-state index in [0.717, 1.165) is 25.7 Å². The number of halogens is 1. The van der Waals surface area contributed by atoms with Crippen LogP contribution < -0.4 is 10.6 Å². The standard InChI is InChI=1S/C23H26ClN3O3/c1-27(15-21(28)25-20-12-6-10-18(24)14-20)23(30)17-9-5-11-19(13-17)26-22(29)16-7-3-2-4-8-16/h5-6,9-14,16H,2-4,7-8,15H2,1H3,(H,25,28)(H,26,29). The van der Waals surface area contributed by atoms with Crippen molar-refractivity contribution >= 4 is 40.7 Å². The van der Waals surface area contributed by atoms with Crippen LogP contribution in [-0.4, -0.2) is 36.2 Å². The Morgan fingerprint density at radius 3 is 2.33 bits per heavy atom. The number of carbonyl (C=O) groups is 3. The summed E-state index contributed by atoms with van der Waals surface area (Å²) in [5.74, 6) is -0.579. The Morgan fingerprint density at radius 1 is 0.967 bits per heavy atom. The molecule has 0 spiro atoms. The van der Waals surface area contributed by atoms with E-state index >= 15 is 0 Å². The molecule has 0 radical (unpaired) electrons. The lowest BCUT2D eigenvalue weighted by Crippen LogP contribution is -2.35. The molecule has 2 aromatic carbocycles. The van der Waals surface area contributed by atoms with Crippen molar-refractivity contribution in [3.8, 4) is 0 Å². The first-order valence-corrected chi connectivity index (χ1v) is 10.5. The van der Waals surface area contributed by atoms with Crippen LogP contribution in [0.15, 0.2) is 48.5 Å². The van der Waals surface area contributed by atoms with Gasteiger partial charge in [-0.15, -0.1) is 0 Å². The second kappa shape index (κ2) is 10.3. The highest BCUT2D eigenvalue weighted by Gasteiger charge is 2.21. The lowest BCUT2D eigenvalue weighted by molar-refractivity contribution is -0.120. The second-order valence-electron chi connectivity index (χ2n) is 7.62. The van der Waals surface area contributed by atoms with Gasteiger partial charge < -0.3 is 15.5 Å². The van der Waals surface area contributed by atoms with Gasteiger partial charge in [-0.25, -0.2) is 0 Å². The third-order valence-electron chi connectivity index (χ3n) is 5.19. The minimum absolute atomic E-state index is 0.00792. The fourth-order valence-corrected chi connectivity index (χ4v) is 3.80. The van der Waals surface area contributed by atoms with E-state index in [1.165, 1.54) is 11.3 Å². The summed E-state index contributed by atoms with van der Waals surface area (Å²) in [5.41, 5.74) is 1.57. The van der Waals surface area contributed by atoms with Crippen molar-refractivity contribution in [3.63, 3.8) is 0 Å². The summed E-state index contributed by atoms with van der Waals surface area (Å²) in [6.45, 7) is -0.107. The minimum atomic E-state index is -0.324. The molecule has 6 nitrogen and oxygen atoms in total. The molecule has 3 rings (SSSR count). The van der Waals surface area contributed by atoms with Crippen LogP contribution >= 0.6 is 11.6 Å². The largest absolute Gasteiger partial charge is 0.332 e. The van der Waals surface area contributed by atoms with Gasteiger partial charge in [0.2, 0.25) is 11.8 Å². The molecule has 1 fully saturated rings. The van der Waals surface area contributed by atoms with E-state index in [2.05, 4.69) is 10.6 Å². The van der Waals surface area contributed by atoms with E-state index < -0.39 is 0 Å². The molecular formula is C23H26ClN3O3. The first kappa shape index (κ1) is 21.8. The number of anilines is 2. The molecule has 3 amide bonds. The molecule has 0 unspecified atom stereocenters. The molecule has 0 saturated heterocycles. The fourth-order valence-electron chi connectivity index (χ4n) is 3.61. The topological polar surface area (TPSA) is 78.5 Å². The minimum Gasteiger partial charge on any atom is -0.332 e. The Morgan fingerprint density at radius 2 is 1.63 bits per heavy atom. The van der Waals surface area contributed by atoms with Crippen LogP contribution in [0.2, 0.25) is 5.02 Å². The highest BCUT2D eigenvalue weighted by Crippen LogP contribution is 2.25. The summed E-state index contributed by atoms with van der Waals surface area (Å²) in [6.07, 6.45) is 5.17. The summed E-state index contributed by atoms with van der Waals surface area (Å²) >= 11 is 5.92. The smallest absolute Gasteiger partial charge is 0.254 e. The zero-order valence-electron chi connectivity index (χ0n) is 17.0. The van der Waals surface area contributed by atoms with Crippen LogP contribution in [0.3, 0.4) is 0 Å². The molecule has 0 atom stereocenters. The maximum absolute atomic E-state index is 12.7. The number of hydrogen-bond acceptors (Lipinski definition) is 3. The van der Waals surface area contributed by atoms with Crippen LogP contribution in [0.1, 0.15) is 42.5 Å². The van der Waals surface area contributed by atoms with Crippen LogP contribution in [0, 0.1) is 5.92 Å². The van der Waals surface area contributed by atoms with Gasteiger partial charge in [0.1, 0.15) is 0 Å². The van der Waals surface area contributed by atoms with Crippen molar-refractivity contribution in [2.45, 2.75) is 32.1 Å². The number of hydrogen-bond donors (Lipinski definition) is 2. The fraction of sp³-hybridized carbons (Fsp3) is 0.348. The molecule has 1 aliphatic rings. The third-order valence-corrected chi connectivity index (χ3v) is 5.42. The number of likely N-dealkylation sites (N-methyl/N-ethyl adjacent to an activating group) is 1. The lowest BCUT2D eigenvalue weighted by Gasteiger charge is -2.21. The molecule has 2 aromatic rings. The van der Waals surface area contributed by atoms with Crippen molar-refractivity contribution < 1.29 is 14.4 Å². The van der Waals surface area contributed by atoms with Crippen molar-refractivity contribution in [1.82, 2.24) is 4.90 Å². The molecule has 30 heavy (non-hydrogen) atoms. The summed E-state index contributed by atoms with van der Waals surface area (Å²) in [4.78, 5) is 38.8. The highest BCUT2D eigenvalue weighted by atomic mass is 35.5. The Balaban J connectivity index is 1.58. The lowest BCUT2D eigenvalue weighted by atomic mass is 9.88. The molecule has 0 aromatic heterocycles. The quantitative estimate of drug-likeness (QED) is 0.708. The van der Waals surface area contributed by atoms with Gasteiger partial charge in [-0.2, -0.15) is 0 Å². The van der Waals surface area contributed by atoms with Gasteiger partial charge in [-0.1, -0.05) is 43.0 Å². The molecule has 0 aliphatic heterocycles. The van der Waals surface area contributed by atoms with Gasteiger partial charge in [0.15, 0.2) is 0 Å². The van der Waals surface area contributed by atoms with Gasteiger partial charge in [-0.05, 0) is 49.2 Å². The summed E-state index contributed by atoms with van der Waals surface area (Å²) in [5, 5.41) is 6.16. The number of carbonyl (C=O) groups excluding carboxylic acids is 3. The number of amides is 3. The van der Waals surface area contributed by atoms with Gasteiger partial charge >= 0.3 is 0 Å². The van der Waals surface area contributed by atoms with Crippen molar-refractivity contribution in [2.24, 2.45) is 5.92 Å². The maximum Gasteiger partial charge on any atom is 0.254 e. The number of benzene rings is 2. The monoisotopic (exact) mass is 427 g/mol. The Bertz CT molecular complexity index is 925. The Labute approximate surface area is 181 Å². The zero-order valence-corrected chi connectivity index (χ0v) is 17.7. The van der Waals surface area contributed by atoms with Crippen molar-refractivity contribution in [1.29, 1.82) is 0 Å². The van der Waals surface area contributed by atoms with Crippen LogP contribution in [-0.2, 0) is 9.59 Å². The van der Waals surface area contributed by atoms with Gasteiger partial charge in [0.25, 0.3) is 5.91 Å². The highest BCUT2D eigenvalue weighted by molar-refractivity contribution is 6.30. The average Bonchev–Trinajstić information content (AvgIpc) is 2.74. The summed E-state index contributed by atoms with van der Waals surface area (Å²) < 4.78 is 0. The Kier molecular flexibility index (Phi) is 7.46. The number of rotatable bonds is 6. The first-order chi connectivity index (χ1) is 14.4. The Hall–Kier alpha value is -2.86. The first-order valence-electron chi connectivity index (χ1n) is 10.1.